The minimum absolute atomic E-state index is 0.107. The number of methoxy groups -OCH3 is 2. The van der Waals surface area contributed by atoms with Crippen LogP contribution in [0.25, 0.3) is 22.5 Å². The Balaban J connectivity index is 1.08. The van der Waals surface area contributed by atoms with Crippen molar-refractivity contribution in [2.75, 3.05) is 27.3 Å². The van der Waals surface area contributed by atoms with Gasteiger partial charge in [-0.1, -0.05) is 63.8 Å². The molecule has 0 aliphatic carbocycles. The van der Waals surface area contributed by atoms with Gasteiger partial charge in [0.2, 0.25) is 11.8 Å². The molecule has 2 saturated heterocycles. The molecule has 2 aliphatic rings. The first kappa shape index (κ1) is 40.6. The van der Waals surface area contributed by atoms with E-state index in [0.717, 1.165) is 71.6 Å². The molecular weight excluding hydrogens is 725 g/mol. The molecule has 0 radical (unpaired) electrons. The van der Waals surface area contributed by atoms with Crippen LogP contribution in [0.15, 0.2) is 60.9 Å². The second-order valence-corrected chi connectivity index (χ2v) is 15.2. The number of hydrogen-bond donors (Lipinski definition) is 4. The van der Waals surface area contributed by atoms with Crippen LogP contribution in [0.2, 0.25) is 0 Å². The summed E-state index contributed by atoms with van der Waals surface area (Å²) in [5.41, 5.74) is 5.30. The number of piperidine rings is 1. The molecule has 2 aliphatic heterocycles. The van der Waals surface area contributed by atoms with Crippen molar-refractivity contribution in [3.8, 4) is 34.4 Å². The predicted octanol–water partition coefficient (Wildman–Crippen LogP) is 6.34. The molecule has 14 heteroatoms. The summed E-state index contributed by atoms with van der Waals surface area (Å²) >= 11 is 0. The van der Waals surface area contributed by atoms with Crippen LogP contribution in [0, 0.1) is 23.7 Å². The number of aromatic amines is 2. The van der Waals surface area contributed by atoms with Crippen molar-refractivity contribution < 1.29 is 28.7 Å². The van der Waals surface area contributed by atoms with Gasteiger partial charge in [-0.25, -0.2) is 19.6 Å². The molecule has 300 valence electrons. The number of nitrogens with one attached hydrogen (secondary N) is 4. The van der Waals surface area contributed by atoms with Crippen molar-refractivity contribution in [2.45, 2.75) is 84.0 Å². The monoisotopic (exact) mass is 776 g/mol. The van der Waals surface area contributed by atoms with E-state index in [0.29, 0.717) is 18.9 Å². The van der Waals surface area contributed by atoms with Gasteiger partial charge in [0.05, 0.1) is 50.1 Å². The highest BCUT2D eigenvalue weighted by atomic mass is 16.5. The Morgan fingerprint density at radius 1 is 0.649 bits per heavy atom. The zero-order valence-electron chi connectivity index (χ0n) is 33.4. The summed E-state index contributed by atoms with van der Waals surface area (Å²) in [6.45, 7) is 8.78. The smallest absolute Gasteiger partial charge is 0.407 e. The Bertz CT molecular complexity index is 2090. The number of likely N-dealkylation sites (tertiary alicyclic amines) is 2. The summed E-state index contributed by atoms with van der Waals surface area (Å²) in [5, 5.41) is 5.39. The van der Waals surface area contributed by atoms with Crippen LogP contribution in [-0.2, 0) is 19.1 Å². The number of benzene rings is 2. The van der Waals surface area contributed by atoms with Crippen LogP contribution < -0.4 is 10.6 Å². The van der Waals surface area contributed by atoms with Crippen molar-refractivity contribution in [1.29, 1.82) is 0 Å². The second-order valence-electron chi connectivity index (χ2n) is 15.2. The first-order valence-electron chi connectivity index (χ1n) is 19.6. The van der Waals surface area contributed by atoms with Gasteiger partial charge in [0, 0.05) is 24.2 Å². The first-order chi connectivity index (χ1) is 27.5. The largest absolute Gasteiger partial charge is 0.453 e. The highest BCUT2D eigenvalue weighted by Gasteiger charge is 2.38. The summed E-state index contributed by atoms with van der Waals surface area (Å²) in [7, 11) is 2.58. The van der Waals surface area contributed by atoms with E-state index in [2.05, 4.69) is 42.4 Å². The number of carbonyl (C=O) groups excluding carboxylic acids is 4. The van der Waals surface area contributed by atoms with E-state index in [1.54, 1.807) is 17.3 Å². The summed E-state index contributed by atoms with van der Waals surface area (Å²) in [5.74, 6) is 7.43. The minimum Gasteiger partial charge on any atom is -0.453 e. The molecule has 14 nitrogen and oxygen atoms in total. The molecule has 4 atom stereocenters. The van der Waals surface area contributed by atoms with Gasteiger partial charge < -0.3 is 39.9 Å². The molecule has 0 saturated carbocycles. The first-order valence-corrected chi connectivity index (χ1v) is 19.6. The van der Waals surface area contributed by atoms with Gasteiger partial charge >= 0.3 is 12.2 Å². The van der Waals surface area contributed by atoms with Gasteiger partial charge in [-0.05, 0) is 79.3 Å². The number of aromatic nitrogens is 4. The lowest BCUT2D eigenvalue weighted by atomic mass is 9.97. The molecule has 4 aromatic rings. The second kappa shape index (κ2) is 18.2. The van der Waals surface area contributed by atoms with Gasteiger partial charge in [0.15, 0.2) is 0 Å². The Kier molecular flexibility index (Phi) is 13.0. The number of H-pyrrole nitrogens is 2. The molecule has 2 fully saturated rings. The summed E-state index contributed by atoms with van der Waals surface area (Å²) in [6.07, 6.45) is 6.59. The Labute approximate surface area is 333 Å². The van der Waals surface area contributed by atoms with Crippen molar-refractivity contribution >= 4 is 24.0 Å². The quantitative estimate of drug-likeness (QED) is 0.135. The Morgan fingerprint density at radius 3 is 1.46 bits per heavy atom. The molecule has 2 aromatic carbocycles. The number of carbonyl (C=O) groups is 4. The maximum atomic E-state index is 13.6. The van der Waals surface area contributed by atoms with Crippen molar-refractivity contribution in [3.05, 3.63) is 83.7 Å². The third kappa shape index (κ3) is 9.48. The van der Waals surface area contributed by atoms with Gasteiger partial charge in [-0.3, -0.25) is 9.59 Å². The summed E-state index contributed by atoms with van der Waals surface area (Å²) < 4.78 is 9.52. The van der Waals surface area contributed by atoms with Crippen LogP contribution in [0.4, 0.5) is 9.59 Å². The fraction of sp³-hybridized carbons (Fsp3) is 0.442. The highest BCUT2D eigenvalue weighted by molar-refractivity contribution is 5.87. The van der Waals surface area contributed by atoms with E-state index in [-0.39, 0.29) is 35.7 Å². The Morgan fingerprint density at radius 2 is 1.05 bits per heavy atom. The zero-order chi connectivity index (χ0) is 40.6. The number of alkyl carbamates (subject to hydrolysis) is 2. The van der Waals surface area contributed by atoms with E-state index in [1.165, 1.54) is 14.2 Å². The SMILES string of the molecule is COC(=O)N[C@H](C(=O)N1CCCC[C@H]1c1ncc(-c2ccc(C#Cc3ccc(-c4cnc([C@@H]5CCCN5C(=O)[C@@H](NC(=O)OC)C(C)C)[nH]4)cc3)cc2)[nH]1)C(C)C. The number of rotatable bonds is 10. The summed E-state index contributed by atoms with van der Waals surface area (Å²) in [6, 6.07) is 14.0. The van der Waals surface area contributed by atoms with E-state index < -0.39 is 24.3 Å². The minimum atomic E-state index is -0.694. The molecule has 4 amide bonds. The topological polar surface area (TPSA) is 175 Å². The number of amides is 4. The van der Waals surface area contributed by atoms with E-state index in [1.807, 2.05) is 81.1 Å². The average Bonchev–Trinajstić information content (AvgIpc) is 4.03. The third-order valence-corrected chi connectivity index (χ3v) is 10.7. The number of nitrogens with zero attached hydrogens (tertiary/aromatic N) is 4. The lowest BCUT2D eigenvalue weighted by Gasteiger charge is -2.37. The molecule has 6 rings (SSSR count). The number of ether oxygens (including phenoxy) is 2. The average molecular weight is 777 g/mol. The van der Waals surface area contributed by atoms with Crippen molar-refractivity contribution in [2.24, 2.45) is 11.8 Å². The number of imidazole rings is 2. The van der Waals surface area contributed by atoms with Crippen LogP contribution in [0.3, 0.4) is 0 Å². The normalized spacial score (nSPS) is 17.8. The lowest BCUT2D eigenvalue weighted by molar-refractivity contribution is -0.138. The van der Waals surface area contributed by atoms with Crippen molar-refractivity contribution in [3.63, 3.8) is 0 Å². The molecule has 0 bridgehead atoms. The molecule has 2 aromatic heterocycles. The highest BCUT2D eigenvalue weighted by Crippen LogP contribution is 2.34. The van der Waals surface area contributed by atoms with Crippen LogP contribution >= 0.6 is 0 Å². The molecule has 57 heavy (non-hydrogen) atoms. The lowest BCUT2D eigenvalue weighted by Crippen LogP contribution is -2.53. The Hall–Kier alpha value is -6.10. The van der Waals surface area contributed by atoms with E-state index >= 15 is 0 Å². The molecule has 4 heterocycles. The van der Waals surface area contributed by atoms with Gasteiger partial charge in [0.1, 0.15) is 23.7 Å². The van der Waals surface area contributed by atoms with Gasteiger partial charge in [-0.2, -0.15) is 0 Å². The fourth-order valence-corrected chi connectivity index (χ4v) is 7.47. The number of hydrogen-bond acceptors (Lipinski definition) is 8. The molecule has 0 spiro atoms. The van der Waals surface area contributed by atoms with Gasteiger partial charge in [0.25, 0.3) is 0 Å². The van der Waals surface area contributed by atoms with Crippen LogP contribution in [-0.4, -0.2) is 93.1 Å². The maximum absolute atomic E-state index is 13.6. The molecular formula is C43H52N8O6. The standard InChI is InChI=1S/C43H52N8O6/c1-26(2)36(48-42(54)56-5)40(52)50-22-8-7-10-34(50)38-44-24-32(46-38)30-18-14-28(15-19-30)12-13-29-16-20-31(21-17-29)33-25-45-39(47-33)35-11-9-23-51(35)41(53)37(27(3)4)49-43(55)57-6/h14-21,24-27,34-37H,7-11,22-23H2,1-6H3,(H,44,46)(H,45,47)(H,48,54)(H,49,55)/t34-,35-,36-,37-/m0/s1. The van der Waals surface area contributed by atoms with E-state index in [4.69, 9.17) is 9.47 Å². The van der Waals surface area contributed by atoms with Crippen LogP contribution in [0.1, 0.15) is 94.7 Å². The fourth-order valence-electron chi connectivity index (χ4n) is 7.47. The predicted molar refractivity (Wildman–Crippen MR) is 214 cm³/mol. The zero-order valence-corrected chi connectivity index (χ0v) is 33.4. The van der Waals surface area contributed by atoms with Crippen LogP contribution in [0.5, 0.6) is 0 Å². The van der Waals surface area contributed by atoms with Gasteiger partial charge in [-0.15, -0.1) is 0 Å². The van der Waals surface area contributed by atoms with Crippen molar-refractivity contribution in [1.82, 2.24) is 40.4 Å². The third-order valence-electron chi connectivity index (χ3n) is 10.7. The maximum Gasteiger partial charge on any atom is 0.407 e. The summed E-state index contributed by atoms with van der Waals surface area (Å²) in [4.78, 5) is 70.9. The molecule has 4 N–H and O–H groups in total. The molecule has 0 unspecified atom stereocenters. The van der Waals surface area contributed by atoms with E-state index in [9.17, 15) is 19.2 Å².